The van der Waals surface area contributed by atoms with Gasteiger partial charge < -0.3 is 9.64 Å². The van der Waals surface area contributed by atoms with E-state index in [9.17, 15) is 9.59 Å². The minimum Gasteiger partial charge on any atom is -0.469 e. The van der Waals surface area contributed by atoms with Crippen molar-refractivity contribution in [2.75, 3.05) is 53.4 Å². The van der Waals surface area contributed by atoms with E-state index in [-0.39, 0.29) is 12.0 Å². The van der Waals surface area contributed by atoms with Crippen molar-refractivity contribution in [1.29, 1.82) is 0 Å². The fourth-order valence-electron chi connectivity index (χ4n) is 3.17. The van der Waals surface area contributed by atoms with E-state index in [1.165, 1.54) is 7.11 Å². The van der Waals surface area contributed by atoms with Crippen molar-refractivity contribution in [3.05, 3.63) is 0 Å². The molecule has 0 aromatic rings. The molecule has 2 rings (SSSR count). The zero-order valence-electron chi connectivity index (χ0n) is 13.2. The van der Waals surface area contributed by atoms with Crippen molar-refractivity contribution < 1.29 is 14.3 Å². The highest BCUT2D eigenvalue weighted by Crippen LogP contribution is 2.18. The minimum atomic E-state index is -0.145. The zero-order valence-corrected chi connectivity index (χ0v) is 13.2. The van der Waals surface area contributed by atoms with E-state index in [1.807, 2.05) is 11.9 Å². The van der Waals surface area contributed by atoms with Gasteiger partial charge in [-0.05, 0) is 39.4 Å². The quantitative estimate of drug-likeness (QED) is 0.678. The minimum absolute atomic E-state index is 0.0934. The lowest BCUT2D eigenvalue weighted by Crippen LogP contribution is -2.53. The number of esters is 1. The van der Waals surface area contributed by atoms with E-state index in [4.69, 9.17) is 0 Å². The third-order valence-electron chi connectivity index (χ3n) is 4.57. The van der Waals surface area contributed by atoms with Gasteiger partial charge in [0.25, 0.3) is 0 Å². The van der Waals surface area contributed by atoms with Crippen LogP contribution in [0.25, 0.3) is 0 Å². The normalized spacial score (nSPS) is 24.3. The molecule has 1 atom stereocenters. The number of piperazine rings is 1. The van der Waals surface area contributed by atoms with Gasteiger partial charge in [0.15, 0.2) is 0 Å². The molecule has 0 aromatic heterocycles. The molecule has 6 nitrogen and oxygen atoms in total. The Balaban J connectivity index is 1.68. The SMILES string of the molecule is COC(=O)CCCN1CCN(C(=O)C2CCCN2C)CC1. The molecular formula is C15H27N3O3. The van der Waals surface area contributed by atoms with Crippen LogP contribution in [-0.2, 0) is 14.3 Å². The smallest absolute Gasteiger partial charge is 0.305 e. The first-order valence-electron chi connectivity index (χ1n) is 7.90. The second-order valence-corrected chi connectivity index (χ2v) is 5.99. The molecule has 120 valence electrons. The number of likely N-dealkylation sites (tertiary alicyclic amines) is 1. The standard InChI is InChI=1S/C15H27N3O3/c1-16-7-3-5-13(16)15(20)18-11-9-17(10-12-18)8-4-6-14(19)21-2/h13H,3-12H2,1-2H3. The first-order valence-corrected chi connectivity index (χ1v) is 7.90. The van der Waals surface area contributed by atoms with Crippen LogP contribution in [0.2, 0.25) is 0 Å². The second kappa shape index (κ2) is 7.75. The lowest BCUT2D eigenvalue weighted by atomic mass is 10.1. The summed E-state index contributed by atoms with van der Waals surface area (Å²) in [5.74, 6) is 0.150. The molecule has 2 aliphatic heterocycles. The Hall–Kier alpha value is -1.14. The van der Waals surface area contributed by atoms with Crippen LogP contribution in [-0.4, -0.2) is 86.0 Å². The van der Waals surface area contributed by atoms with Gasteiger partial charge in [0.2, 0.25) is 5.91 Å². The van der Waals surface area contributed by atoms with Gasteiger partial charge in [0, 0.05) is 32.6 Å². The molecule has 0 bridgehead atoms. The molecule has 0 saturated carbocycles. The summed E-state index contributed by atoms with van der Waals surface area (Å²) in [4.78, 5) is 30.0. The molecular weight excluding hydrogens is 270 g/mol. The van der Waals surface area contributed by atoms with E-state index in [0.29, 0.717) is 12.3 Å². The maximum atomic E-state index is 12.5. The Labute approximate surface area is 127 Å². The van der Waals surface area contributed by atoms with Gasteiger partial charge in [0.05, 0.1) is 13.2 Å². The van der Waals surface area contributed by atoms with E-state index in [1.54, 1.807) is 0 Å². The predicted molar refractivity (Wildman–Crippen MR) is 79.9 cm³/mol. The van der Waals surface area contributed by atoms with Gasteiger partial charge >= 0.3 is 5.97 Å². The molecule has 0 aromatic carbocycles. The Kier molecular flexibility index (Phi) is 5.99. The summed E-state index contributed by atoms with van der Waals surface area (Å²) in [6.07, 6.45) is 3.42. The Bertz CT molecular complexity index is 367. The maximum Gasteiger partial charge on any atom is 0.305 e. The van der Waals surface area contributed by atoms with Gasteiger partial charge in [-0.3, -0.25) is 19.4 Å². The first kappa shape index (κ1) is 16.2. The number of carbonyl (C=O) groups is 2. The van der Waals surface area contributed by atoms with Crippen molar-refractivity contribution >= 4 is 11.9 Å². The van der Waals surface area contributed by atoms with E-state index >= 15 is 0 Å². The predicted octanol–water partition coefficient (Wildman–Crippen LogP) is 0.178. The lowest BCUT2D eigenvalue weighted by Gasteiger charge is -2.36. The highest BCUT2D eigenvalue weighted by atomic mass is 16.5. The summed E-state index contributed by atoms with van der Waals surface area (Å²) in [5.41, 5.74) is 0. The van der Waals surface area contributed by atoms with E-state index in [2.05, 4.69) is 14.5 Å². The third-order valence-corrected chi connectivity index (χ3v) is 4.57. The van der Waals surface area contributed by atoms with Crippen LogP contribution in [0.5, 0.6) is 0 Å². The fourth-order valence-corrected chi connectivity index (χ4v) is 3.17. The Morgan fingerprint density at radius 1 is 1.14 bits per heavy atom. The molecule has 2 fully saturated rings. The average molecular weight is 297 g/mol. The number of rotatable bonds is 5. The Morgan fingerprint density at radius 3 is 2.43 bits per heavy atom. The topological polar surface area (TPSA) is 53.1 Å². The molecule has 0 radical (unpaired) electrons. The van der Waals surface area contributed by atoms with Crippen LogP contribution >= 0.6 is 0 Å². The average Bonchev–Trinajstić information content (AvgIpc) is 2.93. The molecule has 1 amide bonds. The third kappa shape index (κ3) is 4.41. The van der Waals surface area contributed by atoms with Gasteiger partial charge in [-0.2, -0.15) is 0 Å². The van der Waals surface area contributed by atoms with E-state index in [0.717, 1.165) is 58.5 Å². The molecule has 2 aliphatic rings. The molecule has 2 heterocycles. The van der Waals surface area contributed by atoms with E-state index < -0.39 is 0 Å². The van der Waals surface area contributed by atoms with Crippen LogP contribution in [0.1, 0.15) is 25.7 Å². The molecule has 6 heteroatoms. The van der Waals surface area contributed by atoms with Gasteiger partial charge in [-0.25, -0.2) is 0 Å². The molecule has 2 saturated heterocycles. The molecule has 0 N–H and O–H groups in total. The Morgan fingerprint density at radius 2 is 1.86 bits per heavy atom. The largest absolute Gasteiger partial charge is 0.469 e. The highest BCUT2D eigenvalue weighted by molar-refractivity contribution is 5.82. The van der Waals surface area contributed by atoms with Crippen LogP contribution in [0.4, 0.5) is 0 Å². The number of amides is 1. The number of likely N-dealkylation sites (N-methyl/N-ethyl adjacent to an activating group) is 1. The van der Waals surface area contributed by atoms with Crippen molar-refractivity contribution in [3.63, 3.8) is 0 Å². The summed E-state index contributed by atoms with van der Waals surface area (Å²) in [6, 6.07) is 0.0934. The van der Waals surface area contributed by atoms with Crippen molar-refractivity contribution in [1.82, 2.24) is 14.7 Å². The number of methoxy groups -OCH3 is 1. The molecule has 1 unspecified atom stereocenters. The second-order valence-electron chi connectivity index (χ2n) is 5.99. The van der Waals surface area contributed by atoms with Crippen LogP contribution in [0.15, 0.2) is 0 Å². The first-order chi connectivity index (χ1) is 10.1. The number of ether oxygens (including phenoxy) is 1. The number of carbonyl (C=O) groups excluding carboxylic acids is 2. The lowest BCUT2D eigenvalue weighted by molar-refractivity contribution is -0.140. The molecule has 0 aliphatic carbocycles. The van der Waals surface area contributed by atoms with Crippen molar-refractivity contribution in [3.8, 4) is 0 Å². The highest BCUT2D eigenvalue weighted by Gasteiger charge is 2.32. The van der Waals surface area contributed by atoms with Crippen molar-refractivity contribution in [2.45, 2.75) is 31.7 Å². The zero-order chi connectivity index (χ0) is 15.2. The number of hydrogen-bond acceptors (Lipinski definition) is 5. The summed E-state index contributed by atoms with van der Waals surface area (Å²) < 4.78 is 4.64. The van der Waals surface area contributed by atoms with Crippen LogP contribution in [0, 0.1) is 0 Å². The molecule has 21 heavy (non-hydrogen) atoms. The van der Waals surface area contributed by atoms with Crippen molar-refractivity contribution in [2.24, 2.45) is 0 Å². The number of nitrogens with zero attached hydrogens (tertiary/aromatic N) is 3. The summed E-state index contributed by atoms with van der Waals surface area (Å²) in [6.45, 7) is 5.36. The maximum absolute atomic E-state index is 12.5. The number of hydrogen-bond donors (Lipinski definition) is 0. The van der Waals surface area contributed by atoms with Gasteiger partial charge in [-0.1, -0.05) is 0 Å². The fraction of sp³-hybridized carbons (Fsp3) is 0.867. The summed E-state index contributed by atoms with van der Waals surface area (Å²) in [7, 11) is 3.46. The van der Waals surface area contributed by atoms with Crippen LogP contribution in [0.3, 0.4) is 0 Å². The monoisotopic (exact) mass is 297 g/mol. The van der Waals surface area contributed by atoms with Crippen LogP contribution < -0.4 is 0 Å². The van der Waals surface area contributed by atoms with Gasteiger partial charge in [0.1, 0.15) is 0 Å². The molecule has 0 spiro atoms. The summed E-state index contributed by atoms with van der Waals surface area (Å²) >= 11 is 0. The summed E-state index contributed by atoms with van der Waals surface area (Å²) in [5, 5.41) is 0. The van der Waals surface area contributed by atoms with Gasteiger partial charge in [-0.15, -0.1) is 0 Å².